The van der Waals surface area contributed by atoms with Crippen molar-refractivity contribution in [1.82, 2.24) is 15.1 Å². The molecule has 1 aromatic heterocycles. The van der Waals surface area contributed by atoms with Crippen molar-refractivity contribution in [3.05, 3.63) is 88.5 Å². The Kier molecular flexibility index (Phi) is 5.76. The highest BCUT2D eigenvalue weighted by atomic mass is 19.1. The van der Waals surface area contributed by atoms with Crippen LogP contribution in [0.5, 0.6) is 0 Å². The predicted molar refractivity (Wildman–Crippen MR) is 102 cm³/mol. The first-order valence-corrected chi connectivity index (χ1v) is 8.71. The summed E-state index contributed by atoms with van der Waals surface area (Å²) in [6.45, 7) is 2.08. The number of nitrogens with one attached hydrogen (secondary N) is 1. The third-order valence-corrected chi connectivity index (χ3v) is 4.23. The molecule has 0 spiro atoms. The predicted octanol–water partition coefficient (Wildman–Crippen LogP) is 3.32. The quantitative estimate of drug-likeness (QED) is 0.729. The van der Waals surface area contributed by atoms with E-state index in [9.17, 15) is 14.0 Å². The van der Waals surface area contributed by atoms with Gasteiger partial charge in [0.25, 0.3) is 5.56 Å². The second-order valence-corrected chi connectivity index (χ2v) is 6.24. The number of hydrogen-bond acceptors (Lipinski definition) is 3. The summed E-state index contributed by atoms with van der Waals surface area (Å²) >= 11 is 0. The van der Waals surface area contributed by atoms with E-state index in [1.807, 2.05) is 37.3 Å². The fourth-order valence-electron chi connectivity index (χ4n) is 2.73. The van der Waals surface area contributed by atoms with E-state index in [2.05, 4.69) is 10.4 Å². The van der Waals surface area contributed by atoms with E-state index >= 15 is 0 Å². The number of aromatic nitrogens is 2. The number of amides is 1. The molecule has 1 amide bonds. The van der Waals surface area contributed by atoms with E-state index < -0.39 is 0 Å². The smallest absolute Gasteiger partial charge is 0.266 e. The lowest BCUT2D eigenvalue weighted by atomic mass is 10.1. The number of carbonyl (C=O) groups excluding carboxylic acids is 1. The first-order valence-electron chi connectivity index (χ1n) is 8.71. The van der Waals surface area contributed by atoms with Gasteiger partial charge in [0.15, 0.2) is 0 Å². The maximum Gasteiger partial charge on any atom is 0.266 e. The minimum absolute atomic E-state index is 0.117. The molecule has 1 N–H and O–H groups in total. The Labute approximate surface area is 156 Å². The molecule has 0 saturated carbocycles. The van der Waals surface area contributed by atoms with Gasteiger partial charge in [0.1, 0.15) is 5.82 Å². The van der Waals surface area contributed by atoms with Gasteiger partial charge < -0.3 is 5.32 Å². The number of hydrogen-bond donors (Lipinski definition) is 1. The molecular formula is C21H20FN3O2. The fraction of sp³-hybridized carbons (Fsp3) is 0.190. The van der Waals surface area contributed by atoms with Crippen LogP contribution >= 0.6 is 0 Å². The van der Waals surface area contributed by atoms with Gasteiger partial charge in [0.2, 0.25) is 5.91 Å². The number of carbonyl (C=O) groups is 1. The summed E-state index contributed by atoms with van der Waals surface area (Å²) in [5.41, 5.74) is 1.98. The van der Waals surface area contributed by atoms with Gasteiger partial charge in [-0.25, -0.2) is 9.07 Å². The number of halogens is 1. The topological polar surface area (TPSA) is 64.0 Å². The molecule has 0 aliphatic rings. The summed E-state index contributed by atoms with van der Waals surface area (Å²) in [5.74, 6) is -0.497. The highest BCUT2D eigenvalue weighted by molar-refractivity contribution is 5.76. The van der Waals surface area contributed by atoms with Crippen molar-refractivity contribution in [1.29, 1.82) is 0 Å². The Morgan fingerprint density at radius 2 is 1.78 bits per heavy atom. The Morgan fingerprint density at radius 3 is 2.48 bits per heavy atom. The van der Waals surface area contributed by atoms with Crippen LogP contribution in [-0.4, -0.2) is 15.7 Å². The third kappa shape index (κ3) is 4.88. The first-order chi connectivity index (χ1) is 13.0. The van der Waals surface area contributed by atoms with Crippen LogP contribution in [0, 0.1) is 5.82 Å². The summed E-state index contributed by atoms with van der Waals surface area (Å²) in [4.78, 5) is 24.2. The van der Waals surface area contributed by atoms with E-state index in [1.54, 1.807) is 18.2 Å². The van der Waals surface area contributed by atoms with Gasteiger partial charge in [-0.15, -0.1) is 0 Å². The highest BCUT2D eigenvalue weighted by Crippen LogP contribution is 2.15. The summed E-state index contributed by atoms with van der Waals surface area (Å²) in [7, 11) is 0. The van der Waals surface area contributed by atoms with Crippen molar-refractivity contribution >= 4 is 5.91 Å². The molecule has 0 aliphatic heterocycles. The zero-order valence-corrected chi connectivity index (χ0v) is 14.9. The Bertz CT molecular complexity index is 969. The van der Waals surface area contributed by atoms with Gasteiger partial charge in [-0.05, 0) is 42.8 Å². The van der Waals surface area contributed by atoms with Gasteiger partial charge in [-0.2, -0.15) is 5.10 Å². The Morgan fingerprint density at radius 1 is 1.07 bits per heavy atom. The van der Waals surface area contributed by atoms with Gasteiger partial charge in [0, 0.05) is 18.1 Å². The maximum absolute atomic E-state index is 13.1. The summed E-state index contributed by atoms with van der Waals surface area (Å²) in [6, 6.07) is 18.4. The number of rotatable bonds is 6. The van der Waals surface area contributed by atoms with Gasteiger partial charge in [0.05, 0.1) is 18.3 Å². The van der Waals surface area contributed by atoms with Crippen molar-refractivity contribution in [2.75, 3.05) is 0 Å². The molecule has 27 heavy (non-hydrogen) atoms. The largest absolute Gasteiger partial charge is 0.350 e. The molecule has 0 saturated heterocycles. The number of nitrogens with zero attached hydrogens (tertiary/aromatic N) is 2. The van der Waals surface area contributed by atoms with Crippen LogP contribution in [0.3, 0.4) is 0 Å². The zero-order chi connectivity index (χ0) is 19.2. The molecule has 0 unspecified atom stereocenters. The third-order valence-electron chi connectivity index (χ3n) is 4.23. The second-order valence-electron chi connectivity index (χ2n) is 6.24. The molecule has 3 rings (SSSR count). The molecule has 0 bridgehead atoms. The standard InChI is InChI=1S/C21H20FN3O2/c1-15(16-5-3-2-4-6-16)23-20(26)13-14-25-21(27)12-11-19(24-25)17-7-9-18(22)10-8-17/h2-12,15H,13-14H2,1H3,(H,23,26)/t15-/m0/s1. The molecule has 3 aromatic rings. The van der Waals surface area contributed by atoms with Gasteiger partial charge >= 0.3 is 0 Å². The fourth-order valence-corrected chi connectivity index (χ4v) is 2.73. The van der Waals surface area contributed by atoms with Gasteiger partial charge in [-0.3, -0.25) is 9.59 Å². The summed E-state index contributed by atoms with van der Waals surface area (Å²) < 4.78 is 14.3. The van der Waals surface area contributed by atoms with Crippen LogP contribution in [0.25, 0.3) is 11.3 Å². The molecule has 0 aliphatic carbocycles. The first kappa shape index (κ1) is 18.5. The summed E-state index contributed by atoms with van der Waals surface area (Å²) in [6.07, 6.45) is 0.136. The van der Waals surface area contributed by atoms with Crippen molar-refractivity contribution in [2.24, 2.45) is 0 Å². The van der Waals surface area contributed by atoms with Crippen molar-refractivity contribution in [2.45, 2.75) is 25.9 Å². The van der Waals surface area contributed by atoms with E-state index in [1.165, 1.54) is 22.9 Å². The summed E-state index contributed by atoms with van der Waals surface area (Å²) in [5, 5.41) is 7.20. The average molecular weight is 365 g/mol. The molecule has 0 radical (unpaired) electrons. The van der Waals surface area contributed by atoms with E-state index in [0.717, 1.165) is 5.56 Å². The van der Waals surface area contributed by atoms with Crippen molar-refractivity contribution in [3.8, 4) is 11.3 Å². The van der Waals surface area contributed by atoms with Crippen LogP contribution in [0.4, 0.5) is 4.39 Å². The molecule has 0 fully saturated rings. The Hall–Kier alpha value is -3.28. The highest BCUT2D eigenvalue weighted by Gasteiger charge is 2.10. The van der Waals surface area contributed by atoms with E-state index in [-0.39, 0.29) is 36.3 Å². The Balaban J connectivity index is 1.65. The zero-order valence-electron chi connectivity index (χ0n) is 14.9. The second kappa shape index (κ2) is 8.40. The molecule has 138 valence electrons. The van der Waals surface area contributed by atoms with Gasteiger partial charge in [-0.1, -0.05) is 30.3 Å². The lowest BCUT2D eigenvalue weighted by Crippen LogP contribution is -2.30. The van der Waals surface area contributed by atoms with Crippen LogP contribution < -0.4 is 10.9 Å². The average Bonchev–Trinajstić information content (AvgIpc) is 2.68. The van der Waals surface area contributed by atoms with Crippen LogP contribution in [0.2, 0.25) is 0 Å². The minimum atomic E-state index is -0.337. The number of aryl methyl sites for hydroxylation is 1. The lowest BCUT2D eigenvalue weighted by Gasteiger charge is -2.14. The molecule has 1 heterocycles. The molecule has 6 heteroatoms. The van der Waals surface area contributed by atoms with E-state index in [4.69, 9.17) is 0 Å². The van der Waals surface area contributed by atoms with E-state index in [0.29, 0.717) is 11.3 Å². The molecule has 2 aromatic carbocycles. The van der Waals surface area contributed by atoms with Crippen LogP contribution in [0.15, 0.2) is 71.5 Å². The molecular weight excluding hydrogens is 345 g/mol. The monoisotopic (exact) mass is 365 g/mol. The normalized spacial score (nSPS) is 11.8. The number of benzene rings is 2. The molecule has 5 nitrogen and oxygen atoms in total. The van der Waals surface area contributed by atoms with Crippen LogP contribution in [0.1, 0.15) is 24.9 Å². The van der Waals surface area contributed by atoms with Crippen molar-refractivity contribution < 1.29 is 9.18 Å². The lowest BCUT2D eigenvalue weighted by molar-refractivity contribution is -0.122. The van der Waals surface area contributed by atoms with Crippen molar-refractivity contribution in [3.63, 3.8) is 0 Å². The maximum atomic E-state index is 13.1. The van der Waals surface area contributed by atoms with Crippen LogP contribution in [-0.2, 0) is 11.3 Å². The SMILES string of the molecule is C[C@H](NC(=O)CCn1nc(-c2ccc(F)cc2)ccc1=O)c1ccccc1. The minimum Gasteiger partial charge on any atom is -0.350 e. The molecule has 1 atom stereocenters.